The molecule has 1 unspecified atom stereocenters. The summed E-state index contributed by atoms with van der Waals surface area (Å²) >= 11 is 6.31. The van der Waals surface area contributed by atoms with Crippen molar-refractivity contribution < 1.29 is 18.7 Å². The van der Waals surface area contributed by atoms with E-state index in [1.807, 2.05) is 26.0 Å². The van der Waals surface area contributed by atoms with Crippen molar-refractivity contribution in [3.8, 4) is 11.5 Å². The molecule has 3 aromatic rings. The van der Waals surface area contributed by atoms with Gasteiger partial charge in [0.05, 0.1) is 23.6 Å². The first-order chi connectivity index (χ1) is 16.4. The van der Waals surface area contributed by atoms with Crippen LogP contribution in [-0.2, 0) is 0 Å². The molecule has 34 heavy (non-hydrogen) atoms. The molecule has 1 aromatic heterocycles. The summed E-state index contributed by atoms with van der Waals surface area (Å²) in [6, 6.07) is 8.22. The number of benzene rings is 2. The van der Waals surface area contributed by atoms with Crippen molar-refractivity contribution in [2.45, 2.75) is 39.7 Å². The molecule has 0 radical (unpaired) electrons. The summed E-state index contributed by atoms with van der Waals surface area (Å²) in [6.45, 7) is 10.7. The van der Waals surface area contributed by atoms with Crippen molar-refractivity contribution in [2.24, 2.45) is 0 Å². The van der Waals surface area contributed by atoms with Gasteiger partial charge in [-0.15, -0.1) is 0 Å². The van der Waals surface area contributed by atoms with E-state index in [-0.39, 0.29) is 17.1 Å². The third-order valence-electron chi connectivity index (χ3n) is 5.94. The van der Waals surface area contributed by atoms with Crippen LogP contribution in [0.2, 0.25) is 5.02 Å². The molecule has 4 rings (SSSR count). The predicted octanol–water partition coefficient (Wildman–Crippen LogP) is 6.06. The standard InChI is InChI=1S/C27H28ClNO5/c1-5-8-11-29-24(17-9-10-20(33-12-6-2)22(14-17)32-7-3)23-25(30)18-15-19(28)16(4)13-21(18)34-26(23)27(29)31/h6,9-10,13-15,24H,2,5,7-8,11-12H2,1,3-4H3. The monoisotopic (exact) mass is 481 g/mol. The molecular weight excluding hydrogens is 454 g/mol. The lowest BCUT2D eigenvalue weighted by atomic mass is 9.97. The van der Waals surface area contributed by atoms with Crippen molar-refractivity contribution in [3.05, 3.63) is 80.7 Å². The van der Waals surface area contributed by atoms with Gasteiger partial charge >= 0.3 is 0 Å². The Kier molecular flexibility index (Phi) is 6.98. The summed E-state index contributed by atoms with van der Waals surface area (Å²) in [5.41, 5.74) is 1.97. The Morgan fingerprint density at radius 1 is 1.15 bits per heavy atom. The molecule has 0 N–H and O–H groups in total. The lowest BCUT2D eigenvalue weighted by molar-refractivity contribution is 0.0725. The van der Waals surface area contributed by atoms with Crippen molar-refractivity contribution in [1.29, 1.82) is 0 Å². The highest BCUT2D eigenvalue weighted by molar-refractivity contribution is 6.32. The normalized spacial score (nSPS) is 15.0. The van der Waals surface area contributed by atoms with Gasteiger partial charge in [-0.2, -0.15) is 0 Å². The van der Waals surface area contributed by atoms with Crippen LogP contribution in [0.1, 0.15) is 60.0 Å². The molecule has 2 heterocycles. The van der Waals surface area contributed by atoms with Gasteiger partial charge in [0.25, 0.3) is 5.91 Å². The molecule has 0 fully saturated rings. The van der Waals surface area contributed by atoms with Gasteiger partial charge in [-0.1, -0.05) is 43.7 Å². The second-order valence-electron chi connectivity index (χ2n) is 8.27. The summed E-state index contributed by atoms with van der Waals surface area (Å²) in [5, 5.41) is 0.839. The number of fused-ring (bicyclic) bond motifs is 2. The second-order valence-corrected chi connectivity index (χ2v) is 8.67. The maximum Gasteiger partial charge on any atom is 0.290 e. The highest BCUT2D eigenvalue weighted by Gasteiger charge is 2.42. The Morgan fingerprint density at radius 2 is 1.94 bits per heavy atom. The molecule has 0 bridgehead atoms. The number of unbranched alkanes of at least 4 members (excludes halogenated alkanes) is 1. The summed E-state index contributed by atoms with van der Waals surface area (Å²) in [7, 11) is 0. The molecule has 0 saturated heterocycles. The average molecular weight is 482 g/mol. The Labute approximate surface area is 203 Å². The van der Waals surface area contributed by atoms with E-state index in [1.54, 1.807) is 29.2 Å². The molecule has 2 aromatic carbocycles. The smallest absolute Gasteiger partial charge is 0.290 e. The summed E-state index contributed by atoms with van der Waals surface area (Å²) in [5.74, 6) is 0.917. The molecule has 0 spiro atoms. The van der Waals surface area contributed by atoms with Gasteiger partial charge in [-0.3, -0.25) is 9.59 Å². The van der Waals surface area contributed by atoms with Crippen LogP contribution < -0.4 is 14.9 Å². The molecule has 178 valence electrons. The minimum absolute atomic E-state index is 0.0882. The zero-order valence-corrected chi connectivity index (χ0v) is 20.4. The first-order valence-electron chi connectivity index (χ1n) is 11.5. The molecule has 1 aliphatic heterocycles. The number of hydrogen-bond acceptors (Lipinski definition) is 5. The molecular formula is C27H28ClNO5. The molecule has 1 amide bonds. The number of ether oxygens (including phenoxy) is 2. The van der Waals surface area contributed by atoms with Crippen molar-refractivity contribution in [2.75, 3.05) is 19.8 Å². The number of nitrogens with zero attached hydrogens (tertiary/aromatic N) is 1. The summed E-state index contributed by atoms with van der Waals surface area (Å²) < 4.78 is 17.6. The van der Waals surface area contributed by atoms with Gasteiger partial charge in [-0.25, -0.2) is 0 Å². The summed E-state index contributed by atoms with van der Waals surface area (Å²) in [6.07, 6.45) is 3.36. The highest BCUT2D eigenvalue weighted by atomic mass is 35.5. The number of halogens is 1. The van der Waals surface area contributed by atoms with E-state index in [2.05, 4.69) is 13.5 Å². The Morgan fingerprint density at radius 3 is 2.65 bits per heavy atom. The fraction of sp³-hybridized carbons (Fsp3) is 0.333. The van der Waals surface area contributed by atoms with Gasteiger partial charge in [0.1, 0.15) is 12.2 Å². The average Bonchev–Trinajstić information content (AvgIpc) is 3.10. The number of aryl methyl sites for hydroxylation is 1. The van der Waals surface area contributed by atoms with Crippen LogP contribution in [0.5, 0.6) is 11.5 Å². The molecule has 0 saturated carbocycles. The van der Waals surface area contributed by atoms with E-state index in [0.29, 0.717) is 52.8 Å². The third-order valence-corrected chi connectivity index (χ3v) is 6.35. The van der Waals surface area contributed by atoms with Crippen LogP contribution >= 0.6 is 11.6 Å². The lowest BCUT2D eigenvalue weighted by Gasteiger charge is -2.25. The van der Waals surface area contributed by atoms with Crippen molar-refractivity contribution >= 4 is 28.5 Å². The van der Waals surface area contributed by atoms with E-state index in [4.69, 9.17) is 25.5 Å². The van der Waals surface area contributed by atoms with Crippen molar-refractivity contribution in [1.82, 2.24) is 4.90 Å². The van der Waals surface area contributed by atoms with E-state index in [9.17, 15) is 9.59 Å². The first kappa shape index (κ1) is 23.9. The quantitative estimate of drug-likeness (QED) is 0.347. The number of carbonyl (C=O) groups is 1. The van der Waals surface area contributed by atoms with E-state index in [1.165, 1.54) is 0 Å². The minimum Gasteiger partial charge on any atom is -0.490 e. The van der Waals surface area contributed by atoms with E-state index >= 15 is 0 Å². The molecule has 7 heteroatoms. The van der Waals surface area contributed by atoms with Crippen LogP contribution in [0.15, 0.2) is 52.2 Å². The van der Waals surface area contributed by atoms with E-state index in [0.717, 1.165) is 24.0 Å². The lowest BCUT2D eigenvalue weighted by Crippen LogP contribution is -2.30. The first-order valence-corrected chi connectivity index (χ1v) is 11.9. The molecule has 1 atom stereocenters. The van der Waals surface area contributed by atoms with Gasteiger partial charge in [0.2, 0.25) is 5.76 Å². The Hall–Kier alpha value is -3.25. The van der Waals surface area contributed by atoms with E-state index < -0.39 is 6.04 Å². The SMILES string of the molecule is C=CCOc1ccc(C2c3c(oc4cc(C)c(Cl)cc4c3=O)C(=O)N2CCCC)cc1OCC. The van der Waals surface area contributed by atoms with Crippen LogP contribution in [0.3, 0.4) is 0 Å². The zero-order valence-electron chi connectivity index (χ0n) is 19.7. The van der Waals surface area contributed by atoms with Crippen molar-refractivity contribution in [3.63, 3.8) is 0 Å². The highest BCUT2D eigenvalue weighted by Crippen LogP contribution is 2.41. The Bertz CT molecular complexity index is 1310. The zero-order chi connectivity index (χ0) is 24.4. The topological polar surface area (TPSA) is 69.0 Å². The van der Waals surface area contributed by atoms with Crippen LogP contribution in [0.4, 0.5) is 0 Å². The fourth-order valence-electron chi connectivity index (χ4n) is 4.28. The molecule has 0 aliphatic carbocycles. The summed E-state index contributed by atoms with van der Waals surface area (Å²) in [4.78, 5) is 28.9. The molecule has 6 nitrogen and oxygen atoms in total. The number of rotatable bonds is 9. The number of carbonyl (C=O) groups excluding carboxylic acids is 1. The fourth-order valence-corrected chi connectivity index (χ4v) is 4.44. The maximum absolute atomic E-state index is 13.7. The number of amides is 1. The van der Waals surface area contributed by atoms with Gasteiger partial charge in [-0.05, 0) is 55.7 Å². The maximum atomic E-state index is 13.7. The van der Waals surface area contributed by atoms with Crippen LogP contribution in [0, 0.1) is 6.92 Å². The molecule has 1 aliphatic rings. The van der Waals surface area contributed by atoms with Crippen LogP contribution in [-0.4, -0.2) is 30.6 Å². The van der Waals surface area contributed by atoms with Gasteiger partial charge in [0, 0.05) is 11.6 Å². The second kappa shape index (κ2) is 9.94. The Balaban J connectivity index is 1.92. The van der Waals surface area contributed by atoms with Crippen LogP contribution in [0.25, 0.3) is 11.0 Å². The predicted molar refractivity (Wildman–Crippen MR) is 133 cm³/mol. The largest absolute Gasteiger partial charge is 0.490 e. The number of hydrogen-bond donors (Lipinski definition) is 0. The van der Waals surface area contributed by atoms with Gasteiger partial charge in [0.15, 0.2) is 16.9 Å². The van der Waals surface area contributed by atoms with Gasteiger partial charge < -0.3 is 18.8 Å². The third kappa shape index (κ3) is 4.18. The minimum atomic E-state index is -0.595.